The van der Waals surface area contributed by atoms with Gasteiger partial charge in [0.2, 0.25) is 0 Å². The number of nitrogens with zero attached hydrogens (tertiary/aromatic N) is 1. The summed E-state index contributed by atoms with van der Waals surface area (Å²) in [6.45, 7) is 0.333. The van der Waals surface area contributed by atoms with E-state index in [0.29, 0.717) is 38.7 Å². The minimum absolute atomic E-state index is 0.311. The van der Waals surface area contributed by atoms with Gasteiger partial charge in [-0.15, -0.1) is 11.3 Å². The molecule has 0 saturated carbocycles. The maximum Gasteiger partial charge on any atom is 0.341 e. The Morgan fingerprint density at radius 3 is 2.62 bits per heavy atom. The Bertz CT molecular complexity index is 1690. The van der Waals surface area contributed by atoms with E-state index in [9.17, 15) is 14.4 Å². The molecule has 0 radical (unpaired) electrons. The normalized spacial score (nSPS) is 12.5. The summed E-state index contributed by atoms with van der Waals surface area (Å²) in [6, 6.07) is 17.6. The van der Waals surface area contributed by atoms with E-state index in [0.717, 1.165) is 52.5 Å². The van der Waals surface area contributed by atoms with Gasteiger partial charge in [0.1, 0.15) is 11.6 Å². The molecule has 3 aromatic carbocycles. The molecule has 0 spiro atoms. The van der Waals surface area contributed by atoms with Crippen LogP contribution in [0.3, 0.4) is 0 Å². The van der Waals surface area contributed by atoms with Gasteiger partial charge >= 0.3 is 17.8 Å². The number of anilines is 1. The molecule has 2 amide bonds. The molecule has 0 bridgehead atoms. The van der Waals surface area contributed by atoms with E-state index >= 15 is 0 Å². The van der Waals surface area contributed by atoms with Crippen LogP contribution in [0.4, 0.5) is 5.00 Å². The van der Waals surface area contributed by atoms with Crippen molar-refractivity contribution in [1.29, 1.82) is 0 Å². The maximum absolute atomic E-state index is 12.6. The van der Waals surface area contributed by atoms with E-state index in [1.54, 1.807) is 12.1 Å². The highest BCUT2D eigenvalue weighted by Gasteiger charge is 2.28. The number of benzene rings is 3. The van der Waals surface area contributed by atoms with Gasteiger partial charge in [-0.2, -0.15) is 5.10 Å². The summed E-state index contributed by atoms with van der Waals surface area (Å²) in [6.07, 6.45) is 4.90. The fourth-order valence-corrected chi connectivity index (χ4v) is 6.72. The number of rotatable bonds is 8. The predicted octanol–water partition coefficient (Wildman–Crippen LogP) is 6.01. The molecule has 2 N–H and O–H groups in total. The topological polar surface area (TPSA) is 115 Å². The highest BCUT2D eigenvalue weighted by atomic mass is 79.9. The first-order valence-electron chi connectivity index (χ1n) is 13.2. The Balaban J connectivity index is 1.24. The number of hydrogen-bond acceptors (Lipinski definition) is 8. The molecule has 1 aliphatic rings. The van der Waals surface area contributed by atoms with Crippen LogP contribution in [0.5, 0.6) is 11.5 Å². The SMILES string of the molecule is COC(=O)c1c(NC(=O)C(=O)N/N=C/c2cc(Br)c(OCc3cccc4ccccc34)c(OC)c2)sc2c1CCCC2. The summed E-state index contributed by atoms with van der Waals surface area (Å²) in [5, 5.41) is 9.03. The summed E-state index contributed by atoms with van der Waals surface area (Å²) >= 11 is 4.84. The zero-order chi connectivity index (χ0) is 29.6. The summed E-state index contributed by atoms with van der Waals surface area (Å²) in [5.74, 6) is -1.47. The van der Waals surface area contributed by atoms with Crippen LogP contribution in [-0.4, -0.2) is 38.2 Å². The Hall–Kier alpha value is -4.22. The van der Waals surface area contributed by atoms with Crippen LogP contribution in [0.2, 0.25) is 0 Å². The van der Waals surface area contributed by atoms with Crippen molar-refractivity contribution in [3.05, 3.63) is 86.2 Å². The number of methoxy groups -OCH3 is 2. The molecule has 0 aliphatic heterocycles. The van der Waals surface area contributed by atoms with Crippen LogP contribution < -0.4 is 20.2 Å². The summed E-state index contributed by atoms with van der Waals surface area (Å²) in [7, 11) is 2.82. The Kier molecular flexibility index (Phi) is 9.19. The Labute approximate surface area is 255 Å². The second-order valence-electron chi connectivity index (χ2n) is 9.52. The summed E-state index contributed by atoms with van der Waals surface area (Å²) in [5.41, 5.74) is 5.07. The lowest BCUT2D eigenvalue weighted by Crippen LogP contribution is -2.32. The van der Waals surface area contributed by atoms with Crippen LogP contribution >= 0.6 is 27.3 Å². The van der Waals surface area contributed by atoms with E-state index in [-0.39, 0.29) is 0 Å². The zero-order valence-electron chi connectivity index (χ0n) is 23.0. The minimum Gasteiger partial charge on any atom is -0.493 e. The van der Waals surface area contributed by atoms with Crippen molar-refractivity contribution in [1.82, 2.24) is 5.43 Å². The lowest BCUT2D eigenvalue weighted by molar-refractivity contribution is -0.136. The first-order chi connectivity index (χ1) is 20.4. The highest BCUT2D eigenvalue weighted by Crippen LogP contribution is 2.39. The van der Waals surface area contributed by atoms with Gasteiger partial charge in [0.15, 0.2) is 11.5 Å². The molecule has 1 aromatic heterocycles. The quantitative estimate of drug-likeness (QED) is 0.105. The molecule has 1 aliphatic carbocycles. The number of halogens is 1. The number of esters is 1. The molecule has 0 saturated heterocycles. The smallest absolute Gasteiger partial charge is 0.341 e. The van der Waals surface area contributed by atoms with Crippen LogP contribution in [0.25, 0.3) is 10.8 Å². The number of amides is 2. The molecule has 1 heterocycles. The number of hydrazone groups is 1. The predicted molar refractivity (Wildman–Crippen MR) is 166 cm³/mol. The van der Waals surface area contributed by atoms with Gasteiger partial charge in [0, 0.05) is 4.88 Å². The third kappa shape index (κ3) is 6.32. The number of fused-ring (bicyclic) bond motifs is 2. The first-order valence-corrected chi connectivity index (χ1v) is 14.8. The Morgan fingerprint density at radius 2 is 1.81 bits per heavy atom. The zero-order valence-corrected chi connectivity index (χ0v) is 25.4. The number of hydrogen-bond donors (Lipinski definition) is 2. The van der Waals surface area contributed by atoms with E-state index < -0.39 is 17.8 Å². The van der Waals surface area contributed by atoms with Gasteiger partial charge in [-0.05, 0) is 81.2 Å². The fraction of sp³-hybridized carbons (Fsp3) is 0.226. The van der Waals surface area contributed by atoms with Crippen molar-refractivity contribution in [2.75, 3.05) is 19.5 Å². The number of nitrogens with one attached hydrogen (secondary N) is 2. The number of ether oxygens (including phenoxy) is 3. The van der Waals surface area contributed by atoms with Gasteiger partial charge < -0.3 is 19.5 Å². The van der Waals surface area contributed by atoms with Gasteiger partial charge in [0.05, 0.1) is 30.5 Å². The summed E-state index contributed by atoms with van der Waals surface area (Å²) in [4.78, 5) is 38.5. The second kappa shape index (κ2) is 13.2. The monoisotopic (exact) mass is 649 g/mol. The molecule has 216 valence electrons. The molecule has 4 aromatic rings. The second-order valence-corrected chi connectivity index (χ2v) is 11.5. The van der Waals surface area contributed by atoms with Gasteiger partial charge in [-0.25, -0.2) is 10.2 Å². The van der Waals surface area contributed by atoms with Gasteiger partial charge in [-0.3, -0.25) is 9.59 Å². The van der Waals surface area contributed by atoms with Crippen molar-refractivity contribution in [3.8, 4) is 11.5 Å². The lowest BCUT2D eigenvalue weighted by Gasteiger charge is -2.14. The third-order valence-corrected chi connectivity index (χ3v) is 8.67. The largest absolute Gasteiger partial charge is 0.493 e. The van der Waals surface area contributed by atoms with Crippen molar-refractivity contribution in [2.45, 2.75) is 32.3 Å². The molecule has 0 atom stereocenters. The number of aryl methyl sites for hydroxylation is 1. The van der Waals surface area contributed by atoms with Gasteiger partial charge in [-0.1, -0.05) is 42.5 Å². The number of thiophene rings is 1. The van der Waals surface area contributed by atoms with E-state index in [2.05, 4.69) is 50.0 Å². The maximum atomic E-state index is 12.6. The van der Waals surface area contributed by atoms with Crippen LogP contribution in [0.1, 0.15) is 44.8 Å². The molecule has 0 unspecified atom stereocenters. The van der Waals surface area contributed by atoms with Crippen molar-refractivity contribution < 1.29 is 28.6 Å². The Morgan fingerprint density at radius 1 is 1.02 bits per heavy atom. The summed E-state index contributed by atoms with van der Waals surface area (Å²) < 4.78 is 17.2. The van der Waals surface area contributed by atoms with E-state index in [4.69, 9.17) is 14.2 Å². The fourth-order valence-electron chi connectivity index (χ4n) is 4.87. The third-order valence-electron chi connectivity index (χ3n) is 6.88. The molecular formula is C31H28BrN3O6S. The average Bonchev–Trinajstić information content (AvgIpc) is 3.37. The van der Waals surface area contributed by atoms with E-state index in [1.165, 1.54) is 31.8 Å². The van der Waals surface area contributed by atoms with Crippen molar-refractivity contribution in [2.24, 2.45) is 5.10 Å². The highest BCUT2D eigenvalue weighted by molar-refractivity contribution is 9.10. The average molecular weight is 651 g/mol. The molecule has 9 nitrogen and oxygen atoms in total. The minimum atomic E-state index is -0.977. The first kappa shape index (κ1) is 29.3. The molecule has 42 heavy (non-hydrogen) atoms. The lowest BCUT2D eigenvalue weighted by atomic mass is 9.95. The van der Waals surface area contributed by atoms with Crippen LogP contribution in [0, 0.1) is 0 Å². The standard InChI is InChI=1S/C31H28BrN3O6S/c1-39-24-15-18(14-23(32)27(24)41-17-20-10-7-9-19-8-3-4-11-21(19)20)16-33-35-29(37)28(36)34-30-26(31(38)40-2)22-12-5-6-13-25(22)42-30/h3-4,7-11,14-16H,5-6,12-13,17H2,1-2H3,(H,34,36)(H,35,37)/b33-16+. The van der Waals surface area contributed by atoms with Crippen molar-refractivity contribution in [3.63, 3.8) is 0 Å². The van der Waals surface area contributed by atoms with Crippen LogP contribution in [-0.2, 0) is 33.8 Å². The molecular weight excluding hydrogens is 622 g/mol. The van der Waals surface area contributed by atoms with Crippen molar-refractivity contribution >= 4 is 67.0 Å². The number of carbonyl (C=O) groups excluding carboxylic acids is 3. The number of carbonyl (C=O) groups is 3. The van der Waals surface area contributed by atoms with E-state index in [1.807, 2.05) is 24.3 Å². The molecule has 11 heteroatoms. The molecule has 5 rings (SSSR count). The van der Waals surface area contributed by atoms with Crippen LogP contribution in [0.15, 0.2) is 64.2 Å². The van der Waals surface area contributed by atoms with Gasteiger partial charge in [0.25, 0.3) is 0 Å². The molecule has 0 fully saturated rings.